The summed E-state index contributed by atoms with van der Waals surface area (Å²) in [7, 11) is 0. The third kappa shape index (κ3) is 6.81. The van der Waals surface area contributed by atoms with Gasteiger partial charge in [-0.2, -0.15) is 5.10 Å². The molecule has 0 saturated carbocycles. The van der Waals surface area contributed by atoms with Crippen LogP contribution in [-0.2, 0) is 16.2 Å². The van der Waals surface area contributed by atoms with Gasteiger partial charge in [0.15, 0.2) is 11.5 Å². The third-order valence-electron chi connectivity index (χ3n) is 5.88. The quantitative estimate of drug-likeness (QED) is 0.276. The van der Waals surface area contributed by atoms with E-state index in [9.17, 15) is 9.59 Å². The van der Waals surface area contributed by atoms with E-state index in [1.54, 1.807) is 35.2 Å². The molecule has 192 valence electrons. The number of aryl methyl sites for hydroxylation is 1. The predicted octanol–water partition coefficient (Wildman–Crippen LogP) is 5.78. The molecule has 1 aliphatic heterocycles. The van der Waals surface area contributed by atoms with E-state index >= 15 is 0 Å². The van der Waals surface area contributed by atoms with Crippen molar-refractivity contribution >= 4 is 46.9 Å². The Morgan fingerprint density at radius 1 is 1.05 bits per heavy atom. The number of hydrogen-bond acceptors (Lipinski definition) is 5. The lowest BCUT2D eigenvalue weighted by Crippen LogP contribution is -2.30. The van der Waals surface area contributed by atoms with Crippen LogP contribution in [0.25, 0.3) is 0 Å². The number of hydrogen-bond donors (Lipinski definition) is 1. The van der Waals surface area contributed by atoms with Crippen molar-refractivity contribution in [3.63, 3.8) is 0 Å². The number of ether oxygens (including phenoxy) is 2. The number of hydrazone groups is 1. The Morgan fingerprint density at radius 2 is 1.84 bits per heavy atom. The first kappa shape index (κ1) is 26.5. The lowest BCUT2D eigenvalue weighted by Gasteiger charge is -2.16. The second-order valence-electron chi connectivity index (χ2n) is 8.65. The number of benzene rings is 3. The van der Waals surface area contributed by atoms with Gasteiger partial charge in [0.25, 0.3) is 0 Å². The highest BCUT2D eigenvalue weighted by molar-refractivity contribution is 6.42. The number of carbonyl (C=O) groups excluding carboxylic acids is 2. The molecule has 37 heavy (non-hydrogen) atoms. The van der Waals surface area contributed by atoms with E-state index in [0.717, 1.165) is 22.4 Å². The summed E-state index contributed by atoms with van der Waals surface area (Å²) in [5, 5.41) is 5.03. The molecule has 4 rings (SSSR count). The maximum Gasteiger partial charge on any atom is 0.245 e. The number of amides is 2. The lowest BCUT2D eigenvalue weighted by molar-refractivity contribution is -0.126. The van der Waals surface area contributed by atoms with Gasteiger partial charge in [0.2, 0.25) is 11.8 Å². The van der Waals surface area contributed by atoms with Gasteiger partial charge in [-0.15, -0.1) is 0 Å². The van der Waals surface area contributed by atoms with Gasteiger partial charge in [-0.05, 0) is 67.4 Å². The molecular formula is C28H27Cl2N3O4. The Bertz CT molecular complexity index is 1310. The predicted molar refractivity (Wildman–Crippen MR) is 146 cm³/mol. The molecule has 1 heterocycles. The molecule has 0 unspecified atom stereocenters. The third-order valence-corrected chi connectivity index (χ3v) is 6.61. The zero-order valence-corrected chi connectivity index (χ0v) is 22.1. The van der Waals surface area contributed by atoms with Gasteiger partial charge in [-0.3, -0.25) is 9.59 Å². The second-order valence-corrected chi connectivity index (χ2v) is 9.47. The topological polar surface area (TPSA) is 80.2 Å². The van der Waals surface area contributed by atoms with Crippen molar-refractivity contribution in [2.45, 2.75) is 26.9 Å². The first-order chi connectivity index (χ1) is 17.8. The number of anilines is 1. The van der Waals surface area contributed by atoms with Crippen LogP contribution in [0.3, 0.4) is 0 Å². The largest absolute Gasteiger partial charge is 0.490 e. The van der Waals surface area contributed by atoms with E-state index in [1.165, 1.54) is 6.21 Å². The number of nitrogens with one attached hydrogen (secondary N) is 1. The molecule has 0 aromatic heterocycles. The molecule has 1 aliphatic rings. The zero-order valence-electron chi connectivity index (χ0n) is 20.5. The maximum absolute atomic E-state index is 12.6. The molecule has 7 nitrogen and oxygen atoms in total. The molecule has 0 aliphatic carbocycles. The summed E-state index contributed by atoms with van der Waals surface area (Å²) in [5.41, 5.74) is 6.04. The van der Waals surface area contributed by atoms with Gasteiger partial charge in [0, 0.05) is 18.7 Å². The van der Waals surface area contributed by atoms with Gasteiger partial charge in [0.05, 0.1) is 28.8 Å². The number of nitrogens with zero attached hydrogens (tertiary/aromatic N) is 2. The maximum atomic E-state index is 12.6. The lowest BCUT2D eigenvalue weighted by atomic mass is 10.1. The highest BCUT2D eigenvalue weighted by Crippen LogP contribution is 2.30. The van der Waals surface area contributed by atoms with Gasteiger partial charge in [-0.1, -0.05) is 47.0 Å². The number of halogens is 2. The van der Waals surface area contributed by atoms with Crippen LogP contribution in [0, 0.1) is 12.8 Å². The highest BCUT2D eigenvalue weighted by Gasteiger charge is 2.35. The van der Waals surface area contributed by atoms with Crippen LogP contribution >= 0.6 is 23.2 Å². The standard InChI is InChI=1S/C28H27Cl2N3O4/c1-3-36-26-13-19(7-11-25(26)37-17-20-6-10-23(29)24(30)12-20)15-31-32-28(35)21-14-27(34)33(16-21)22-8-4-18(2)5-9-22/h4-13,15,21H,3,14,16-17H2,1-2H3,(H,32,35)/b31-15+/t21-/m0/s1. The van der Waals surface area contributed by atoms with Crippen LogP contribution < -0.4 is 19.8 Å². The van der Waals surface area contributed by atoms with Gasteiger partial charge in [-0.25, -0.2) is 5.43 Å². The molecule has 0 spiro atoms. The minimum atomic E-state index is -0.470. The van der Waals surface area contributed by atoms with E-state index in [2.05, 4.69) is 10.5 Å². The summed E-state index contributed by atoms with van der Waals surface area (Å²) < 4.78 is 11.6. The second kappa shape index (κ2) is 12.1. The summed E-state index contributed by atoms with van der Waals surface area (Å²) in [6, 6.07) is 18.4. The highest BCUT2D eigenvalue weighted by atomic mass is 35.5. The van der Waals surface area contributed by atoms with Crippen LogP contribution in [0.2, 0.25) is 10.0 Å². The average Bonchev–Trinajstić information content (AvgIpc) is 3.28. The first-order valence-electron chi connectivity index (χ1n) is 11.9. The molecule has 9 heteroatoms. The fourth-order valence-electron chi connectivity index (χ4n) is 3.90. The van der Waals surface area contributed by atoms with E-state index in [0.29, 0.717) is 41.3 Å². The smallest absolute Gasteiger partial charge is 0.245 e. The summed E-state index contributed by atoms with van der Waals surface area (Å²) in [6.07, 6.45) is 1.67. The molecule has 1 N–H and O–H groups in total. The van der Waals surface area contributed by atoms with Gasteiger partial charge in [0.1, 0.15) is 6.61 Å². The number of rotatable bonds is 9. The molecule has 2 amide bonds. The molecule has 1 saturated heterocycles. The Kier molecular flexibility index (Phi) is 8.69. The first-order valence-corrected chi connectivity index (χ1v) is 12.6. The molecule has 0 radical (unpaired) electrons. The molecule has 1 fully saturated rings. The zero-order chi connectivity index (χ0) is 26.4. The Morgan fingerprint density at radius 3 is 2.57 bits per heavy atom. The van der Waals surface area contributed by atoms with Crippen LogP contribution in [0.4, 0.5) is 5.69 Å². The van der Waals surface area contributed by atoms with Crippen molar-refractivity contribution in [1.82, 2.24) is 5.43 Å². The molecule has 0 bridgehead atoms. The fourth-order valence-corrected chi connectivity index (χ4v) is 4.22. The van der Waals surface area contributed by atoms with Crippen LogP contribution in [0.15, 0.2) is 65.8 Å². The van der Waals surface area contributed by atoms with Gasteiger partial charge >= 0.3 is 0 Å². The Hall–Kier alpha value is -3.55. The minimum absolute atomic E-state index is 0.0780. The van der Waals surface area contributed by atoms with E-state index < -0.39 is 5.92 Å². The summed E-state index contributed by atoms with van der Waals surface area (Å²) in [5.74, 6) is 0.265. The minimum Gasteiger partial charge on any atom is -0.490 e. The van der Waals surface area contributed by atoms with Crippen LogP contribution in [-0.4, -0.2) is 31.2 Å². The molecule has 3 aromatic rings. The van der Waals surface area contributed by atoms with Crippen molar-refractivity contribution in [3.05, 3.63) is 87.4 Å². The van der Waals surface area contributed by atoms with Crippen molar-refractivity contribution in [2.24, 2.45) is 11.0 Å². The summed E-state index contributed by atoms with van der Waals surface area (Å²) in [6.45, 7) is 4.93. The molecule has 1 atom stereocenters. The van der Waals surface area contributed by atoms with Crippen LogP contribution in [0.5, 0.6) is 11.5 Å². The van der Waals surface area contributed by atoms with E-state index in [4.69, 9.17) is 32.7 Å². The Labute approximate surface area is 226 Å². The van der Waals surface area contributed by atoms with Crippen molar-refractivity contribution in [3.8, 4) is 11.5 Å². The van der Waals surface area contributed by atoms with Crippen molar-refractivity contribution < 1.29 is 19.1 Å². The fraction of sp³-hybridized carbons (Fsp3) is 0.250. The SMILES string of the molecule is CCOc1cc(/C=N/NC(=O)[C@H]2CC(=O)N(c3ccc(C)cc3)C2)ccc1OCc1ccc(Cl)c(Cl)c1. The average molecular weight is 540 g/mol. The summed E-state index contributed by atoms with van der Waals surface area (Å²) >= 11 is 12.1. The van der Waals surface area contributed by atoms with E-state index in [-0.39, 0.29) is 18.2 Å². The van der Waals surface area contributed by atoms with E-state index in [1.807, 2.05) is 44.2 Å². The normalized spacial score (nSPS) is 15.3. The van der Waals surface area contributed by atoms with Crippen molar-refractivity contribution in [1.29, 1.82) is 0 Å². The van der Waals surface area contributed by atoms with Crippen LogP contribution in [0.1, 0.15) is 30.0 Å². The Balaban J connectivity index is 1.35. The van der Waals surface area contributed by atoms with Crippen molar-refractivity contribution in [2.75, 3.05) is 18.1 Å². The summed E-state index contributed by atoms with van der Waals surface area (Å²) in [4.78, 5) is 26.7. The van der Waals surface area contributed by atoms with Gasteiger partial charge < -0.3 is 14.4 Å². The number of carbonyl (C=O) groups is 2. The molecule has 3 aromatic carbocycles. The molecular weight excluding hydrogens is 513 g/mol. The monoisotopic (exact) mass is 539 g/mol.